The van der Waals surface area contributed by atoms with E-state index in [0.717, 1.165) is 6.54 Å². The van der Waals surface area contributed by atoms with E-state index in [4.69, 9.17) is 0 Å². The number of hydrogen-bond donors (Lipinski definition) is 1. The van der Waals surface area contributed by atoms with E-state index < -0.39 is 10.0 Å². The Kier molecular flexibility index (Phi) is 5.37. The molecule has 1 atom stereocenters. The van der Waals surface area contributed by atoms with Crippen molar-refractivity contribution < 1.29 is 13.2 Å². The Labute approximate surface area is 129 Å². The molecule has 1 saturated heterocycles. The van der Waals surface area contributed by atoms with Gasteiger partial charge in [0, 0.05) is 44.6 Å². The van der Waals surface area contributed by atoms with Crippen LogP contribution in [-0.2, 0) is 21.4 Å². The Morgan fingerprint density at radius 1 is 1.43 bits per heavy atom. The maximum atomic E-state index is 12.0. The zero-order valence-corrected chi connectivity index (χ0v) is 13.9. The first-order valence-corrected chi connectivity index (χ1v) is 9.54. The van der Waals surface area contributed by atoms with Crippen molar-refractivity contribution in [3.05, 3.63) is 22.4 Å². The third kappa shape index (κ3) is 4.50. The van der Waals surface area contributed by atoms with Crippen molar-refractivity contribution in [2.75, 3.05) is 39.5 Å². The number of thiophene rings is 1. The fraction of sp³-hybridized carbons (Fsp3) is 0.615. The lowest BCUT2D eigenvalue weighted by atomic mass is 10.1. The predicted molar refractivity (Wildman–Crippen MR) is 83.6 cm³/mol. The molecule has 8 heteroatoms. The molecular formula is C13H21N3O3S2. The molecular weight excluding hydrogens is 310 g/mol. The molecule has 1 fully saturated rings. The number of carbonyl (C=O) groups is 1. The van der Waals surface area contributed by atoms with E-state index >= 15 is 0 Å². The topological polar surface area (TPSA) is 69.7 Å². The highest BCUT2D eigenvalue weighted by molar-refractivity contribution is 7.88. The third-order valence-corrected chi connectivity index (χ3v) is 5.74. The second-order valence-electron chi connectivity index (χ2n) is 5.25. The van der Waals surface area contributed by atoms with Gasteiger partial charge in [0.05, 0.1) is 12.2 Å². The van der Waals surface area contributed by atoms with Crippen molar-refractivity contribution in [1.82, 2.24) is 14.5 Å². The van der Waals surface area contributed by atoms with Crippen LogP contribution in [0.4, 0.5) is 0 Å². The van der Waals surface area contributed by atoms with E-state index in [2.05, 4.69) is 16.3 Å². The predicted octanol–water partition coefficient (Wildman–Crippen LogP) is 0.188. The van der Waals surface area contributed by atoms with Crippen LogP contribution in [0.15, 0.2) is 17.5 Å². The molecule has 0 saturated carbocycles. The molecule has 0 bridgehead atoms. The van der Waals surface area contributed by atoms with Gasteiger partial charge in [-0.1, -0.05) is 6.07 Å². The van der Waals surface area contributed by atoms with Gasteiger partial charge in [-0.25, -0.2) is 12.7 Å². The van der Waals surface area contributed by atoms with Crippen LogP contribution >= 0.6 is 11.3 Å². The lowest BCUT2D eigenvalue weighted by Crippen LogP contribution is -2.41. The minimum atomic E-state index is -3.28. The van der Waals surface area contributed by atoms with Crippen molar-refractivity contribution in [2.45, 2.75) is 6.54 Å². The highest BCUT2D eigenvalue weighted by Crippen LogP contribution is 2.17. The molecule has 2 rings (SSSR count). The van der Waals surface area contributed by atoms with Crippen molar-refractivity contribution in [3.63, 3.8) is 0 Å². The molecule has 1 aliphatic rings. The summed E-state index contributed by atoms with van der Waals surface area (Å²) in [7, 11) is -1.70. The highest BCUT2D eigenvalue weighted by atomic mass is 32.2. The first-order valence-electron chi connectivity index (χ1n) is 6.81. The first-order chi connectivity index (χ1) is 9.90. The van der Waals surface area contributed by atoms with Crippen LogP contribution in [0, 0.1) is 5.92 Å². The molecule has 1 N–H and O–H groups in total. The van der Waals surface area contributed by atoms with Crippen molar-refractivity contribution >= 4 is 27.3 Å². The smallest absolute Gasteiger partial charge is 0.225 e. The van der Waals surface area contributed by atoms with Crippen LogP contribution in [0.5, 0.6) is 0 Å². The molecule has 1 aliphatic heterocycles. The normalized spacial score (nSPS) is 21.9. The number of nitrogens with one attached hydrogen (secondary N) is 1. The van der Waals surface area contributed by atoms with Gasteiger partial charge in [-0.2, -0.15) is 0 Å². The summed E-state index contributed by atoms with van der Waals surface area (Å²) in [5, 5.41) is 4.65. The Morgan fingerprint density at radius 3 is 2.76 bits per heavy atom. The number of carbonyl (C=O) groups excluding carboxylic acids is 1. The summed E-state index contributed by atoms with van der Waals surface area (Å²) >= 11 is 1.67. The first kappa shape index (κ1) is 16.4. The summed E-state index contributed by atoms with van der Waals surface area (Å²) < 4.78 is 25.0. The molecule has 1 aromatic heterocycles. The summed E-state index contributed by atoms with van der Waals surface area (Å²) in [6, 6.07) is 4.05. The fourth-order valence-electron chi connectivity index (χ4n) is 2.49. The molecule has 21 heavy (non-hydrogen) atoms. The summed E-state index contributed by atoms with van der Waals surface area (Å²) in [5.74, 6) is -0.450. The van der Waals surface area contributed by atoms with Crippen molar-refractivity contribution in [2.24, 2.45) is 5.92 Å². The van der Waals surface area contributed by atoms with Gasteiger partial charge in [0.15, 0.2) is 0 Å². The monoisotopic (exact) mass is 331 g/mol. The number of nitrogens with zero attached hydrogens (tertiary/aromatic N) is 2. The highest BCUT2D eigenvalue weighted by Gasteiger charge is 2.31. The molecule has 0 spiro atoms. The summed E-state index contributed by atoms with van der Waals surface area (Å²) in [4.78, 5) is 15.4. The second kappa shape index (κ2) is 6.87. The van der Waals surface area contributed by atoms with Gasteiger partial charge in [-0.05, 0) is 11.4 Å². The van der Waals surface area contributed by atoms with Gasteiger partial charge >= 0.3 is 0 Å². The van der Waals surface area contributed by atoms with Gasteiger partial charge in [-0.15, -0.1) is 11.3 Å². The summed E-state index contributed by atoms with van der Waals surface area (Å²) in [5.41, 5.74) is 0. The van der Waals surface area contributed by atoms with E-state index in [0.29, 0.717) is 19.6 Å². The van der Waals surface area contributed by atoms with Crippen molar-refractivity contribution in [3.8, 4) is 0 Å². The van der Waals surface area contributed by atoms with E-state index in [1.165, 1.54) is 15.4 Å². The van der Waals surface area contributed by atoms with E-state index in [9.17, 15) is 13.2 Å². The molecule has 0 aromatic carbocycles. The number of amides is 1. The quantitative estimate of drug-likeness (QED) is 0.855. The van der Waals surface area contributed by atoms with Crippen molar-refractivity contribution in [1.29, 1.82) is 0 Å². The molecule has 1 amide bonds. The lowest BCUT2D eigenvalue weighted by molar-refractivity contribution is -0.125. The average Bonchev–Trinajstić information content (AvgIpc) is 2.82. The molecule has 1 aromatic rings. The fourth-order valence-corrected chi connectivity index (χ4v) is 4.10. The number of sulfonamides is 1. The Hall–Kier alpha value is -0.960. The van der Waals surface area contributed by atoms with Crippen LogP contribution in [0.25, 0.3) is 0 Å². The summed E-state index contributed by atoms with van der Waals surface area (Å²) in [6.45, 7) is 2.64. The standard InChI is InChI=1S/C13H21N3O3S2/c1-14-13(17)11-8-15(10-12-4-3-7-20-12)5-6-16(9-11)21(2,18)19/h3-4,7,11H,5-6,8-10H2,1-2H3,(H,14,17)/t11-/m0/s1. The maximum Gasteiger partial charge on any atom is 0.225 e. The molecule has 118 valence electrons. The minimum Gasteiger partial charge on any atom is -0.359 e. The Morgan fingerprint density at radius 2 is 2.19 bits per heavy atom. The number of rotatable bonds is 4. The summed E-state index contributed by atoms with van der Waals surface area (Å²) in [6.07, 6.45) is 1.20. The second-order valence-corrected chi connectivity index (χ2v) is 8.26. The van der Waals surface area contributed by atoms with Gasteiger partial charge < -0.3 is 5.32 Å². The number of hydrogen-bond acceptors (Lipinski definition) is 5. The SMILES string of the molecule is CNC(=O)[C@H]1CN(Cc2cccs2)CCN(S(C)(=O)=O)C1. The van der Waals surface area contributed by atoms with Crippen LogP contribution in [-0.4, -0.2) is 63.0 Å². The molecule has 0 aliphatic carbocycles. The van der Waals surface area contributed by atoms with E-state index in [1.807, 2.05) is 11.4 Å². The largest absolute Gasteiger partial charge is 0.359 e. The van der Waals surface area contributed by atoms with Gasteiger partial charge in [0.2, 0.25) is 15.9 Å². The third-order valence-electron chi connectivity index (χ3n) is 3.61. The van der Waals surface area contributed by atoms with Gasteiger partial charge in [0.25, 0.3) is 0 Å². The molecule has 2 heterocycles. The minimum absolute atomic E-state index is 0.110. The molecule has 6 nitrogen and oxygen atoms in total. The zero-order valence-electron chi connectivity index (χ0n) is 12.3. The molecule has 0 unspecified atom stereocenters. The van der Waals surface area contributed by atoms with E-state index in [-0.39, 0.29) is 18.4 Å². The Bertz CT molecular complexity index is 571. The Balaban J connectivity index is 2.13. The average molecular weight is 331 g/mol. The van der Waals surface area contributed by atoms with E-state index in [1.54, 1.807) is 18.4 Å². The van der Waals surface area contributed by atoms with Gasteiger partial charge in [-0.3, -0.25) is 9.69 Å². The lowest BCUT2D eigenvalue weighted by Gasteiger charge is -2.22. The molecule has 0 radical (unpaired) electrons. The zero-order chi connectivity index (χ0) is 15.5. The van der Waals surface area contributed by atoms with Crippen LogP contribution < -0.4 is 5.32 Å². The van der Waals surface area contributed by atoms with Gasteiger partial charge in [0.1, 0.15) is 0 Å². The maximum absolute atomic E-state index is 12.0. The van der Waals surface area contributed by atoms with Crippen LogP contribution in [0.3, 0.4) is 0 Å². The van der Waals surface area contributed by atoms with Crippen LogP contribution in [0.2, 0.25) is 0 Å². The van der Waals surface area contributed by atoms with Crippen LogP contribution in [0.1, 0.15) is 4.88 Å².